The van der Waals surface area contributed by atoms with E-state index in [9.17, 15) is 0 Å². The average molecular weight is 204 g/mol. The molecular formula is C15H24. The zero-order valence-corrected chi connectivity index (χ0v) is 11.0. The van der Waals surface area contributed by atoms with E-state index < -0.39 is 0 Å². The Morgan fingerprint density at radius 3 is 1.53 bits per heavy atom. The summed E-state index contributed by atoms with van der Waals surface area (Å²) in [6.07, 6.45) is 2.58. The predicted molar refractivity (Wildman–Crippen MR) is 64.4 cm³/mol. The minimum atomic E-state index is 0.644. The summed E-state index contributed by atoms with van der Waals surface area (Å²) in [6.45, 7) is 14.5. The topological polar surface area (TPSA) is 0 Å². The van der Waals surface area contributed by atoms with Crippen molar-refractivity contribution in [2.45, 2.75) is 41.5 Å². The smallest absolute Gasteiger partial charge is 0.0158 e. The predicted octanol–water partition coefficient (Wildman–Crippen LogP) is 4.13. The van der Waals surface area contributed by atoms with Gasteiger partial charge in [-0.2, -0.15) is 0 Å². The molecule has 3 aliphatic carbocycles. The maximum atomic E-state index is 2.58. The van der Waals surface area contributed by atoms with E-state index in [1.807, 2.05) is 0 Å². The molecule has 15 heavy (non-hydrogen) atoms. The molecule has 0 amide bonds. The molecule has 0 N–H and O–H groups in total. The van der Waals surface area contributed by atoms with Gasteiger partial charge >= 0.3 is 0 Å². The highest BCUT2D eigenvalue weighted by molar-refractivity contribution is 5.33. The van der Waals surface area contributed by atoms with Gasteiger partial charge in [-0.15, -0.1) is 0 Å². The maximum absolute atomic E-state index is 2.58. The van der Waals surface area contributed by atoms with Crippen LogP contribution in [0.25, 0.3) is 0 Å². The van der Waals surface area contributed by atoms with Crippen LogP contribution in [-0.2, 0) is 0 Å². The molecule has 0 bridgehead atoms. The van der Waals surface area contributed by atoms with Crippen LogP contribution in [0.4, 0.5) is 0 Å². The SMILES string of the molecule is CC(C)=CC1[C@@H]2[C@H]([C@H]3[C@@H]1C3(C)C)C2(C)C. The van der Waals surface area contributed by atoms with Crippen LogP contribution in [0.15, 0.2) is 11.6 Å². The molecule has 0 aromatic heterocycles. The number of allylic oxidation sites excluding steroid dienone is 2. The Kier molecular flexibility index (Phi) is 1.56. The summed E-state index contributed by atoms with van der Waals surface area (Å²) in [5, 5.41) is 0. The second kappa shape index (κ2) is 2.36. The molecule has 0 spiro atoms. The summed E-state index contributed by atoms with van der Waals surface area (Å²) in [7, 11) is 0. The van der Waals surface area contributed by atoms with Crippen molar-refractivity contribution in [3.63, 3.8) is 0 Å². The van der Waals surface area contributed by atoms with Crippen LogP contribution in [0, 0.1) is 40.4 Å². The fourth-order valence-electron chi connectivity index (χ4n) is 5.10. The Hall–Kier alpha value is -0.260. The van der Waals surface area contributed by atoms with Gasteiger partial charge in [0.2, 0.25) is 0 Å². The van der Waals surface area contributed by atoms with Crippen molar-refractivity contribution in [3.8, 4) is 0 Å². The molecule has 0 heterocycles. The third kappa shape index (κ3) is 0.990. The molecule has 0 aromatic carbocycles. The minimum Gasteiger partial charge on any atom is -0.0822 e. The third-order valence-corrected chi connectivity index (χ3v) is 5.73. The van der Waals surface area contributed by atoms with Gasteiger partial charge in [-0.25, -0.2) is 0 Å². The summed E-state index contributed by atoms with van der Waals surface area (Å²) in [5.41, 5.74) is 2.81. The molecule has 0 heteroatoms. The monoisotopic (exact) mass is 204 g/mol. The van der Waals surface area contributed by atoms with Crippen LogP contribution in [0.5, 0.6) is 0 Å². The van der Waals surface area contributed by atoms with Gasteiger partial charge in [0.25, 0.3) is 0 Å². The van der Waals surface area contributed by atoms with Gasteiger partial charge in [-0.1, -0.05) is 39.3 Å². The lowest BCUT2D eigenvalue weighted by atomic mass is 9.88. The van der Waals surface area contributed by atoms with E-state index in [0.717, 1.165) is 29.6 Å². The quantitative estimate of drug-likeness (QED) is 0.563. The zero-order chi connectivity index (χ0) is 11.2. The Balaban J connectivity index is 1.93. The van der Waals surface area contributed by atoms with Gasteiger partial charge in [-0.05, 0) is 54.3 Å². The normalized spacial score (nSPS) is 51.7. The molecule has 0 radical (unpaired) electrons. The fraction of sp³-hybridized carbons (Fsp3) is 0.867. The molecular weight excluding hydrogens is 180 g/mol. The van der Waals surface area contributed by atoms with Crippen molar-refractivity contribution in [1.82, 2.24) is 0 Å². The molecule has 84 valence electrons. The summed E-state index contributed by atoms with van der Waals surface area (Å²) in [6, 6.07) is 0. The number of hydrogen-bond donors (Lipinski definition) is 0. The molecule has 3 rings (SSSR count). The lowest BCUT2D eigenvalue weighted by Gasteiger charge is -2.17. The van der Waals surface area contributed by atoms with Crippen molar-refractivity contribution >= 4 is 0 Å². The van der Waals surface area contributed by atoms with Crippen molar-refractivity contribution in [2.24, 2.45) is 40.4 Å². The second-order valence-electron chi connectivity index (χ2n) is 7.57. The van der Waals surface area contributed by atoms with Crippen LogP contribution < -0.4 is 0 Å². The van der Waals surface area contributed by atoms with E-state index >= 15 is 0 Å². The van der Waals surface area contributed by atoms with Gasteiger partial charge < -0.3 is 0 Å². The summed E-state index contributed by atoms with van der Waals surface area (Å²) < 4.78 is 0. The van der Waals surface area contributed by atoms with Gasteiger partial charge in [0.1, 0.15) is 0 Å². The molecule has 0 saturated heterocycles. The average Bonchev–Trinajstić information content (AvgIpc) is 2.69. The number of fused-ring (bicyclic) bond motifs is 3. The molecule has 4 atom stereocenters. The highest BCUT2D eigenvalue weighted by atomic mass is 14.9. The van der Waals surface area contributed by atoms with E-state index in [-0.39, 0.29) is 0 Å². The van der Waals surface area contributed by atoms with Crippen LogP contribution in [0.1, 0.15) is 41.5 Å². The lowest BCUT2D eigenvalue weighted by Crippen LogP contribution is -2.10. The van der Waals surface area contributed by atoms with Gasteiger partial charge in [-0.3, -0.25) is 0 Å². The highest BCUT2D eigenvalue weighted by Crippen LogP contribution is 2.86. The largest absolute Gasteiger partial charge is 0.0822 e. The molecule has 0 aromatic rings. The Labute approximate surface area is 94.1 Å². The van der Waals surface area contributed by atoms with Crippen molar-refractivity contribution in [2.75, 3.05) is 0 Å². The van der Waals surface area contributed by atoms with Crippen molar-refractivity contribution in [3.05, 3.63) is 11.6 Å². The minimum absolute atomic E-state index is 0.644. The molecule has 3 fully saturated rings. The second-order valence-corrected chi connectivity index (χ2v) is 7.57. The first-order valence-electron chi connectivity index (χ1n) is 6.44. The van der Waals surface area contributed by atoms with Gasteiger partial charge in [0, 0.05) is 0 Å². The van der Waals surface area contributed by atoms with E-state index in [1.165, 1.54) is 5.57 Å². The third-order valence-electron chi connectivity index (χ3n) is 5.73. The number of rotatable bonds is 1. The van der Waals surface area contributed by atoms with Gasteiger partial charge in [0.15, 0.2) is 0 Å². The summed E-state index contributed by atoms with van der Waals surface area (Å²) in [4.78, 5) is 0. The fourth-order valence-corrected chi connectivity index (χ4v) is 5.10. The zero-order valence-electron chi connectivity index (χ0n) is 11.0. The summed E-state index contributed by atoms with van der Waals surface area (Å²) >= 11 is 0. The molecule has 3 aliphatic rings. The van der Waals surface area contributed by atoms with Crippen LogP contribution in [0.2, 0.25) is 0 Å². The Morgan fingerprint density at radius 1 is 0.800 bits per heavy atom. The number of hydrogen-bond acceptors (Lipinski definition) is 0. The maximum Gasteiger partial charge on any atom is -0.0158 e. The van der Waals surface area contributed by atoms with Crippen LogP contribution in [0.3, 0.4) is 0 Å². The molecule has 0 aliphatic heterocycles. The van der Waals surface area contributed by atoms with Crippen LogP contribution in [-0.4, -0.2) is 0 Å². The molecule has 0 nitrogen and oxygen atoms in total. The van der Waals surface area contributed by atoms with E-state index in [1.54, 1.807) is 0 Å². The standard InChI is InChI=1S/C15H24/c1-8(2)7-9-10-12(14(10,3)4)13-11(9)15(13,5)6/h7,9-13H,1-6H3/t10-,11-,12-,13-/m1/s1. The lowest BCUT2D eigenvalue weighted by molar-refractivity contribution is 0.373. The Bertz CT molecular complexity index is 315. The van der Waals surface area contributed by atoms with E-state index in [0.29, 0.717) is 10.8 Å². The van der Waals surface area contributed by atoms with E-state index in [2.05, 4.69) is 47.6 Å². The highest BCUT2D eigenvalue weighted by Gasteiger charge is 2.82. The van der Waals surface area contributed by atoms with Crippen molar-refractivity contribution < 1.29 is 0 Å². The first kappa shape index (κ1) is 9.93. The molecule has 3 saturated carbocycles. The van der Waals surface area contributed by atoms with Gasteiger partial charge in [0.05, 0.1) is 0 Å². The molecule has 0 unspecified atom stereocenters. The van der Waals surface area contributed by atoms with Crippen LogP contribution >= 0.6 is 0 Å². The van der Waals surface area contributed by atoms with E-state index in [4.69, 9.17) is 0 Å². The first-order valence-corrected chi connectivity index (χ1v) is 6.44. The Morgan fingerprint density at radius 2 is 1.20 bits per heavy atom. The summed E-state index contributed by atoms with van der Waals surface area (Å²) in [5.74, 6) is 5.00. The van der Waals surface area contributed by atoms with Crippen molar-refractivity contribution in [1.29, 1.82) is 0 Å². The first-order chi connectivity index (χ1) is 6.79.